The van der Waals surface area contributed by atoms with Crippen molar-refractivity contribution in [1.82, 2.24) is 0 Å². The van der Waals surface area contributed by atoms with Crippen molar-refractivity contribution in [3.8, 4) is 0 Å². The first kappa shape index (κ1) is 14.2. The molecule has 0 heterocycles. The summed E-state index contributed by atoms with van der Waals surface area (Å²) in [6.07, 6.45) is 0.0142. The maximum atomic E-state index is 13.1. The zero-order chi connectivity index (χ0) is 14.0. The van der Waals surface area contributed by atoms with Gasteiger partial charge in [-0.25, -0.2) is 8.78 Å². The van der Waals surface area contributed by atoms with E-state index in [-0.39, 0.29) is 17.2 Å². The molecule has 0 fully saturated rings. The Morgan fingerprint density at radius 3 is 2.58 bits per heavy atom. The minimum absolute atomic E-state index is 0.0142. The van der Waals surface area contributed by atoms with Gasteiger partial charge < -0.3 is 0 Å². The third-order valence-corrected chi connectivity index (χ3v) is 3.66. The van der Waals surface area contributed by atoms with E-state index in [1.807, 2.05) is 0 Å². The van der Waals surface area contributed by atoms with E-state index in [4.69, 9.17) is 11.6 Å². The van der Waals surface area contributed by atoms with Gasteiger partial charge in [0.1, 0.15) is 11.6 Å². The van der Waals surface area contributed by atoms with Crippen molar-refractivity contribution in [1.29, 1.82) is 0 Å². The van der Waals surface area contributed by atoms with Crippen molar-refractivity contribution in [3.05, 3.63) is 68.7 Å². The topological polar surface area (TPSA) is 17.1 Å². The maximum Gasteiger partial charge on any atom is 0.167 e. The lowest BCUT2D eigenvalue weighted by Crippen LogP contribution is -2.04. The van der Waals surface area contributed by atoms with Crippen LogP contribution in [0.2, 0.25) is 5.02 Å². The average molecular weight is 346 g/mol. The highest BCUT2D eigenvalue weighted by Gasteiger charge is 2.12. The van der Waals surface area contributed by atoms with Gasteiger partial charge in [-0.1, -0.05) is 27.5 Å². The smallest absolute Gasteiger partial charge is 0.167 e. The number of Topliss-reactive ketones (excluding diaryl/α,β-unsaturated/α-hetero) is 1. The number of benzene rings is 2. The first-order valence-electron chi connectivity index (χ1n) is 5.39. The van der Waals surface area contributed by atoms with Crippen molar-refractivity contribution in [2.75, 3.05) is 0 Å². The van der Waals surface area contributed by atoms with E-state index < -0.39 is 11.6 Å². The second kappa shape index (κ2) is 5.80. The molecule has 0 aliphatic rings. The van der Waals surface area contributed by atoms with E-state index in [0.717, 1.165) is 6.07 Å². The predicted octanol–water partition coefficient (Wildman–Crippen LogP) is 4.81. The monoisotopic (exact) mass is 344 g/mol. The van der Waals surface area contributed by atoms with Crippen LogP contribution in [0.4, 0.5) is 8.78 Å². The second-order valence-electron chi connectivity index (χ2n) is 3.96. The molecule has 19 heavy (non-hydrogen) atoms. The minimum atomic E-state index is -0.579. The summed E-state index contributed by atoms with van der Waals surface area (Å²) in [7, 11) is 0. The molecule has 0 unspecified atom stereocenters. The highest BCUT2D eigenvalue weighted by Crippen LogP contribution is 2.21. The number of ketones is 1. The molecule has 0 N–H and O–H groups in total. The van der Waals surface area contributed by atoms with Crippen LogP contribution in [0.5, 0.6) is 0 Å². The molecule has 0 bridgehead atoms. The molecule has 0 saturated heterocycles. The zero-order valence-electron chi connectivity index (χ0n) is 9.59. The molecule has 0 aliphatic heterocycles. The third-order valence-electron chi connectivity index (χ3n) is 2.60. The molecule has 0 aliphatic carbocycles. The standard InChI is InChI=1S/C14H8BrClF2O/c15-11-3-2-10(17)5-9(11)7-14(19)8-1-4-13(18)12(16)6-8/h1-6H,7H2. The summed E-state index contributed by atoms with van der Waals surface area (Å²) >= 11 is 8.87. The summed E-state index contributed by atoms with van der Waals surface area (Å²) in [4.78, 5) is 12.0. The number of rotatable bonds is 3. The van der Waals surface area contributed by atoms with Crippen LogP contribution in [0.1, 0.15) is 15.9 Å². The Morgan fingerprint density at radius 2 is 1.89 bits per heavy atom. The Bertz CT molecular complexity index is 643. The van der Waals surface area contributed by atoms with Crippen LogP contribution >= 0.6 is 27.5 Å². The van der Waals surface area contributed by atoms with Gasteiger partial charge in [0.05, 0.1) is 5.02 Å². The fourth-order valence-corrected chi connectivity index (χ4v) is 2.19. The highest BCUT2D eigenvalue weighted by atomic mass is 79.9. The first-order valence-corrected chi connectivity index (χ1v) is 6.56. The van der Waals surface area contributed by atoms with Crippen LogP contribution in [0, 0.1) is 11.6 Å². The quantitative estimate of drug-likeness (QED) is 0.730. The molecule has 2 aromatic rings. The lowest BCUT2D eigenvalue weighted by atomic mass is 10.0. The van der Waals surface area contributed by atoms with Crippen LogP contribution in [-0.2, 0) is 6.42 Å². The molecule has 1 nitrogen and oxygen atoms in total. The Kier molecular flexibility index (Phi) is 4.32. The van der Waals surface area contributed by atoms with Gasteiger partial charge >= 0.3 is 0 Å². The predicted molar refractivity (Wildman–Crippen MR) is 73.5 cm³/mol. The Morgan fingerprint density at radius 1 is 1.16 bits per heavy atom. The summed E-state index contributed by atoms with van der Waals surface area (Å²) < 4.78 is 26.8. The highest BCUT2D eigenvalue weighted by molar-refractivity contribution is 9.10. The SMILES string of the molecule is O=C(Cc1cc(F)ccc1Br)c1ccc(F)c(Cl)c1. The molecule has 0 atom stereocenters. The van der Waals surface area contributed by atoms with E-state index in [1.54, 1.807) is 0 Å². The fraction of sp³-hybridized carbons (Fsp3) is 0.0714. The van der Waals surface area contributed by atoms with Crippen molar-refractivity contribution < 1.29 is 13.6 Å². The van der Waals surface area contributed by atoms with Crippen molar-refractivity contribution >= 4 is 33.3 Å². The Labute approximate surface area is 122 Å². The number of hydrogen-bond donors (Lipinski definition) is 0. The van der Waals surface area contributed by atoms with Crippen molar-refractivity contribution in [2.24, 2.45) is 0 Å². The van der Waals surface area contributed by atoms with Crippen molar-refractivity contribution in [2.45, 2.75) is 6.42 Å². The van der Waals surface area contributed by atoms with Crippen molar-refractivity contribution in [3.63, 3.8) is 0 Å². The molecule has 0 amide bonds. The molecule has 0 radical (unpaired) electrons. The van der Waals surface area contributed by atoms with Gasteiger partial charge in [0.15, 0.2) is 5.78 Å². The van der Waals surface area contributed by atoms with Gasteiger partial charge in [0.2, 0.25) is 0 Å². The molecular weight excluding hydrogens is 338 g/mol. The van der Waals surface area contributed by atoms with Gasteiger partial charge in [-0.3, -0.25) is 4.79 Å². The van der Waals surface area contributed by atoms with Crippen LogP contribution in [0.15, 0.2) is 40.9 Å². The summed E-state index contributed by atoms with van der Waals surface area (Å²) in [5.74, 6) is -1.25. The molecule has 0 aromatic heterocycles. The van der Waals surface area contributed by atoms with Crippen LogP contribution in [-0.4, -0.2) is 5.78 Å². The summed E-state index contributed by atoms with van der Waals surface area (Å²) in [6.45, 7) is 0. The van der Waals surface area contributed by atoms with Gasteiger partial charge in [-0.15, -0.1) is 0 Å². The Balaban J connectivity index is 2.25. The second-order valence-corrected chi connectivity index (χ2v) is 5.23. The summed E-state index contributed by atoms with van der Waals surface area (Å²) in [6, 6.07) is 7.88. The van der Waals surface area contributed by atoms with Gasteiger partial charge in [-0.2, -0.15) is 0 Å². The van der Waals surface area contributed by atoms with E-state index in [2.05, 4.69) is 15.9 Å². The van der Waals surface area contributed by atoms with E-state index in [9.17, 15) is 13.6 Å². The van der Waals surface area contributed by atoms with Gasteiger partial charge in [0.25, 0.3) is 0 Å². The van der Waals surface area contributed by atoms with Crippen LogP contribution in [0.25, 0.3) is 0 Å². The lowest BCUT2D eigenvalue weighted by molar-refractivity contribution is 0.0992. The van der Waals surface area contributed by atoms with E-state index in [1.165, 1.54) is 30.3 Å². The van der Waals surface area contributed by atoms with Crippen LogP contribution < -0.4 is 0 Å². The zero-order valence-corrected chi connectivity index (χ0v) is 11.9. The normalized spacial score (nSPS) is 10.5. The average Bonchev–Trinajstić information content (AvgIpc) is 2.37. The molecule has 0 spiro atoms. The molecule has 98 valence electrons. The third kappa shape index (κ3) is 3.39. The summed E-state index contributed by atoms with van der Waals surface area (Å²) in [5.41, 5.74) is 0.827. The van der Waals surface area contributed by atoms with Gasteiger partial charge in [0, 0.05) is 16.5 Å². The minimum Gasteiger partial charge on any atom is -0.294 e. The van der Waals surface area contributed by atoms with Gasteiger partial charge in [-0.05, 0) is 42.0 Å². The van der Waals surface area contributed by atoms with E-state index >= 15 is 0 Å². The first-order chi connectivity index (χ1) is 8.97. The number of carbonyl (C=O) groups is 1. The number of carbonyl (C=O) groups excluding carboxylic acids is 1. The van der Waals surface area contributed by atoms with E-state index in [0.29, 0.717) is 15.6 Å². The van der Waals surface area contributed by atoms with Crippen LogP contribution in [0.3, 0.4) is 0 Å². The molecule has 0 saturated carbocycles. The number of halogens is 4. The Hall–Kier alpha value is -1.26. The molecule has 2 rings (SSSR count). The molecule has 5 heteroatoms. The lowest BCUT2D eigenvalue weighted by Gasteiger charge is -2.05. The number of hydrogen-bond acceptors (Lipinski definition) is 1. The maximum absolute atomic E-state index is 13.1. The largest absolute Gasteiger partial charge is 0.294 e. The fourth-order valence-electron chi connectivity index (χ4n) is 1.62. The summed E-state index contributed by atoms with van der Waals surface area (Å²) in [5, 5.41) is -0.107. The molecule has 2 aromatic carbocycles. The molecular formula is C14H8BrClF2O.